The second kappa shape index (κ2) is 9.00. The summed E-state index contributed by atoms with van der Waals surface area (Å²) in [6.07, 6.45) is 2.17. The first kappa shape index (κ1) is 23.4. The number of nitrogens with zero attached hydrogens (tertiary/aromatic N) is 1. The van der Waals surface area contributed by atoms with E-state index in [0.29, 0.717) is 29.1 Å². The SMILES string of the molecule is Cc1ccc(S(=O)(=O)Nc2ccc3c(c2)CN([C@H]2CCCc4ccccc42)C(=O)[C@@H](C)O3)cc1F. The van der Waals surface area contributed by atoms with Crippen molar-refractivity contribution < 1.29 is 22.3 Å². The Kier molecular flexibility index (Phi) is 6.01. The molecule has 1 aliphatic carbocycles. The number of benzene rings is 3. The molecule has 0 radical (unpaired) electrons. The Morgan fingerprint density at radius 1 is 1.06 bits per heavy atom. The third-order valence-corrected chi connectivity index (χ3v) is 8.13. The van der Waals surface area contributed by atoms with Gasteiger partial charge in [-0.2, -0.15) is 0 Å². The predicted molar refractivity (Wildman–Crippen MR) is 131 cm³/mol. The molecule has 2 atom stereocenters. The van der Waals surface area contributed by atoms with Crippen molar-refractivity contribution in [1.82, 2.24) is 4.90 Å². The quantitative estimate of drug-likeness (QED) is 0.546. The number of carbonyl (C=O) groups excluding carboxylic acids is 1. The Morgan fingerprint density at radius 2 is 1.86 bits per heavy atom. The molecule has 5 rings (SSSR count). The van der Waals surface area contributed by atoms with Crippen molar-refractivity contribution >= 4 is 21.6 Å². The molecule has 0 aromatic heterocycles. The van der Waals surface area contributed by atoms with Crippen LogP contribution in [-0.4, -0.2) is 25.3 Å². The van der Waals surface area contributed by atoms with Gasteiger partial charge in [-0.1, -0.05) is 30.3 Å². The minimum atomic E-state index is -4.00. The molecule has 2 aliphatic rings. The van der Waals surface area contributed by atoms with Crippen LogP contribution in [0.1, 0.15) is 48.1 Å². The lowest BCUT2D eigenvalue weighted by molar-refractivity contribution is -0.140. The number of fused-ring (bicyclic) bond motifs is 2. The molecule has 182 valence electrons. The molecule has 1 heterocycles. The topological polar surface area (TPSA) is 75.7 Å². The van der Waals surface area contributed by atoms with Crippen molar-refractivity contribution in [3.63, 3.8) is 0 Å². The van der Waals surface area contributed by atoms with Gasteiger partial charge in [0.15, 0.2) is 6.10 Å². The number of nitrogens with one attached hydrogen (secondary N) is 1. The normalized spacial score (nSPS) is 19.9. The first-order valence-corrected chi connectivity index (χ1v) is 13.2. The molecule has 1 N–H and O–H groups in total. The standard InChI is InChI=1S/C27H27FN2O4S/c1-17-10-12-22(15-24(17)28)35(32,33)29-21-11-13-26-20(14-21)16-30(27(31)18(2)34-26)25-9-5-7-19-6-3-4-8-23(19)25/h3-4,6,8,10-15,18,25,29H,5,7,9,16H2,1-2H3/t18-,25+/m1/s1. The highest BCUT2D eigenvalue weighted by molar-refractivity contribution is 7.92. The van der Waals surface area contributed by atoms with E-state index in [4.69, 9.17) is 4.74 Å². The summed E-state index contributed by atoms with van der Waals surface area (Å²) in [4.78, 5) is 15.0. The summed E-state index contributed by atoms with van der Waals surface area (Å²) in [6.45, 7) is 3.61. The molecular formula is C27H27FN2O4S. The van der Waals surface area contributed by atoms with E-state index in [-0.39, 0.29) is 16.8 Å². The molecule has 0 unspecified atom stereocenters. The van der Waals surface area contributed by atoms with Crippen molar-refractivity contribution in [1.29, 1.82) is 0 Å². The van der Waals surface area contributed by atoms with Crippen molar-refractivity contribution in [3.05, 3.63) is 88.7 Å². The van der Waals surface area contributed by atoms with E-state index in [0.717, 1.165) is 30.9 Å². The molecule has 0 bridgehead atoms. The lowest BCUT2D eigenvalue weighted by atomic mass is 9.86. The summed E-state index contributed by atoms with van der Waals surface area (Å²) in [5.74, 6) is -0.138. The van der Waals surface area contributed by atoms with E-state index in [1.165, 1.54) is 17.7 Å². The summed E-state index contributed by atoms with van der Waals surface area (Å²) in [5.41, 5.74) is 3.80. The largest absolute Gasteiger partial charge is 0.481 e. The predicted octanol–water partition coefficient (Wildman–Crippen LogP) is 5.12. The highest BCUT2D eigenvalue weighted by Gasteiger charge is 2.35. The number of aryl methyl sites for hydroxylation is 2. The summed E-state index contributed by atoms with van der Waals surface area (Å²) in [7, 11) is -4.00. The second-order valence-corrected chi connectivity index (χ2v) is 10.9. The Morgan fingerprint density at radius 3 is 2.66 bits per heavy atom. The summed E-state index contributed by atoms with van der Waals surface area (Å²) in [6, 6.07) is 16.9. The fourth-order valence-corrected chi connectivity index (χ4v) is 5.95. The molecule has 6 nitrogen and oxygen atoms in total. The van der Waals surface area contributed by atoms with Crippen LogP contribution in [0.15, 0.2) is 65.6 Å². The summed E-state index contributed by atoms with van der Waals surface area (Å²) < 4.78 is 48.2. The van der Waals surface area contributed by atoms with E-state index >= 15 is 0 Å². The van der Waals surface area contributed by atoms with Gasteiger partial charge >= 0.3 is 0 Å². The van der Waals surface area contributed by atoms with Crippen LogP contribution in [0.5, 0.6) is 5.75 Å². The zero-order valence-corrected chi connectivity index (χ0v) is 20.4. The number of ether oxygens (including phenoxy) is 1. The zero-order valence-electron chi connectivity index (χ0n) is 19.6. The maximum Gasteiger partial charge on any atom is 0.264 e. The maximum atomic E-state index is 14.0. The zero-order chi connectivity index (χ0) is 24.7. The van der Waals surface area contributed by atoms with Gasteiger partial charge in [0.25, 0.3) is 15.9 Å². The van der Waals surface area contributed by atoms with Crippen LogP contribution in [0.4, 0.5) is 10.1 Å². The van der Waals surface area contributed by atoms with Crippen LogP contribution >= 0.6 is 0 Å². The first-order valence-electron chi connectivity index (χ1n) is 11.7. The molecule has 1 amide bonds. The molecule has 3 aromatic carbocycles. The highest BCUT2D eigenvalue weighted by atomic mass is 32.2. The number of hydrogen-bond acceptors (Lipinski definition) is 4. The lowest BCUT2D eigenvalue weighted by Gasteiger charge is -2.35. The minimum absolute atomic E-state index is 0.0691. The Hall–Kier alpha value is -3.39. The van der Waals surface area contributed by atoms with Gasteiger partial charge in [-0.05, 0) is 80.1 Å². The molecule has 3 aromatic rings. The van der Waals surface area contributed by atoms with Gasteiger partial charge in [0.1, 0.15) is 11.6 Å². The number of hydrogen-bond donors (Lipinski definition) is 1. The molecule has 8 heteroatoms. The third-order valence-electron chi connectivity index (χ3n) is 6.76. The first-order chi connectivity index (χ1) is 16.7. The number of halogens is 1. The molecule has 35 heavy (non-hydrogen) atoms. The maximum absolute atomic E-state index is 14.0. The molecular weight excluding hydrogens is 467 g/mol. The Labute approximate surface area is 204 Å². The molecule has 0 fully saturated rings. The van der Waals surface area contributed by atoms with Crippen molar-refractivity contribution in [2.45, 2.75) is 56.7 Å². The number of sulfonamides is 1. The molecule has 1 aliphatic heterocycles. The fraction of sp³-hybridized carbons (Fsp3) is 0.296. The van der Waals surface area contributed by atoms with Crippen molar-refractivity contribution in [2.24, 2.45) is 0 Å². The van der Waals surface area contributed by atoms with Crippen molar-refractivity contribution in [2.75, 3.05) is 4.72 Å². The van der Waals surface area contributed by atoms with Crippen LogP contribution in [0.2, 0.25) is 0 Å². The number of anilines is 1. The van der Waals surface area contributed by atoms with Gasteiger partial charge in [0.2, 0.25) is 0 Å². The van der Waals surface area contributed by atoms with Crippen LogP contribution in [0.25, 0.3) is 0 Å². The number of carbonyl (C=O) groups is 1. The summed E-state index contributed by atoms with van der Waals surface area (Å²) in [5, 5.41) is 0. The average molecular weight is 495 g/mol. The van der Waals surface area contributed by atoms with Crippen LogP contribution in [0, 0.1) is 12.7 Å². The van der Waals surface area contributed by atoms with Gasteiger partial charge < -0.3 is 9.64 Å². The molecule has 0 saturated heterocycles. The minimum Gasteiger partial charge on any atom is -0.481 e. The van der Waals surface area contributed by atoms with E-state index in [2.05, 4.69) is 16.9 Å². The smallest absolute Gasteiger partial charge is 0.264 e. The average Bonchev–Trinajstić information content (AvgIpc) is 2.96. The monoisotopic (exact) mass is 494 g/mol. The fourth-order valence-electron chi connectivity index (χ4n) is 4.89. The van der Waals surface area contributed by atoms with Crippen LogP contribution in [-0.2, 0) is 27.8 Å². The molecule has 0 spiro atoms. The third kappa shape index (κ3) is 4.50. The van der Waals surface area contributed by atoms with Gasteiger partial charge in [-0.25, -0.2) is 12.8 Å². The number of amides is 1. The highest BCUT2D eigenvalue weighted by Crippen LogP contribution is 2.38. The van der Waals surface area contributed by atoms with Crippen molar-refractivity contribution in [3.8, 4) is 5.75 Å². The van der Waals surface area contributed by atoms with Crippen LogP contribution in [0.3, 0.4) is 0 Å². The van der Waals surface area contributed by atoms with Gasteiger partial charge in [0, 0.05) is 11.3 Å². The number of rotatable bonds is 4. The summed E-state index contributed by atoms with van der Waals surface area (Å²) >= 11 is 0. The van der Waals surface area contributed by atoms with Gasteiger partial charge in [0.05, 0.1) is 17.5 Å². The Balaban J connectivity index is 1.47. The second-order valence-electron chi connectivity index (χ2n) is 9.17. The van der Waals surface area contributed by atoms with Gasteiger partial charge in [-0.3, -0.25) is 9.52 Å². The van der Waals surface area contributed by atoms with Gasteiger partial charge in [-0.15, -0.1) is 0 Å². The van der Waals surface area contributed by atoms with E-state index < -0.39 is 21.9 Å². The molecule has 0 saturated carbocycles. The Bertz CT molecular complexity index is 1410. The van der Waals surface area contributed by atoms with Crippen LogP contribution < -0.4 is 9.46 Å². The van der Waals surface area contributed by atoms with E-state index in [9.17, 15) is 17.6 Å². The van der Waals surface area contributed by atoms with E-state index in [1.807, 2.05) is 17.0 Å². The van der Waals surface area contributed by atoms with E-state index in [1.54, 1.807) is 32.0 Å². The lowest BCUT2D eigenvalue weighted by Crippen LogP contribution is -2.41.